The Morgan fingerprint density at radius 1 is 1.28 bits per heavy atom. The third-order valence-corrected chi connectivity index (χ3v) is 4.00. The van der Waals surface area contributed by atoms with Crippen LogP contribution in [0.25, 0.3) is 0 Å². The van der Waals surface area contributed by atoms with Crippen LogP contribution in [-0.4, -0.2) is 17.6 Å². The van der Waals surface area contributed by atoms with E-state index in [-0.39, 0.29) is 24.0 Å². The van der Waals surface area contributed by atoms with Crippen LogP contribution in [0.4, 0.5) is 5.69 Å². The molecule has 1 aromatic carbocycles. The van der Waals surface area contributed by atoms with Gasteiger partial charge >= 0.3 is 0 Å². The molecule has 5 nitrogen and oxygen atoms in total. The molecule has 0 amide bonds. The molecule has 0 saturated heterocycles. The van der Waals surface area contributed by atoms with Crippen molar-refractivity contribution in [2.75, 3.05) is 11.9 Å². The first-order valence-corrected chi connectivity index (χ1v) is 8.46. The van der Waals surface area contributed by atoms with Crippen molar-refractivity contribution >= 4 is 35.6 Å². The number of aliphatic imine (C=N–C) groups is 1. The molecule has 1 heterocycles. The number of aryl methyl sites for hydroxylation is 1. The predicted molar refractivity (Wildman–Crippen MR) is 113 cm³/mol. The number of aromatic nitrogens is 1. The number of guanidine groups is 1. The Hall–Kier alpha value is -1.83. The van der Waals surface area contributed by atoms with Crippen LogP contribution in [0.5, 0.6) is 5.88 Å². The van der Waals surface area contributed by atoms with Gasteiger partial charge in [-0.3, -0.25) is 0 Å². The summed E-state index contributed by atoms with van der Waals surface area (Å²) < 4.78 is 5.69. The molecule has 0 unspecified atom stereocenters. The number of hydrogen-bond acceptors (Lipinski definition) is 3. The maximum Gasteiger partial charge on any atom is 0.213 e. The highest BCUT2D eigenvalue weighted by Crippen LogP contribution is 2.29. The molecular weight excluding hydrogens is 427 g/mol. The van der Waals surface area contributed by atoms with E-state index < -0.39 is 0 Å². The summed E-state index contributed by atoms with van der Waals surface area (Å²) in [6.45, 7) is 3.38. The Morgan fingerprint density at radius 3 is 2.88 bits per heavy atom. The fourth-order valence-electron chi connectivity index (χ4n) is 2.35. The molecule has 134 valence electrons. The molecule has 2 aromatic rings. The first kappa shape index (κ1) is 19.5. The molecule has 0 atom stereocenters. The summed E-state index contributed by atoms with van der Waals surface area (Å²) in [4.78, 5) is 8.63. The number of nitrogens with two attached hydrogens (primary N) is 1. The second-order valence-corrected chi connectivity index (χ2v) is 6.14. The zero-order valence-electron chi connectivity index (χ0n) is 14.4. The molecule has 0 radical (unpaired) electrons. The summed E-state index contributed by atoms with van der Waals surface area (Å²) >= 11 is 0. The Labute approximate surface area is 166 Å². The van der Waals surface area contributed by atoms with E-state index in [0.29, 0.717) is 24.3 Å². The molecule has 3 rings (SSSR count). The van der Waals surface area contributed by atoms with E-state index in [9.17, 15) is 0 Å². The summed E-state index contributed by atoms with van der Waals surface area (Å²) in [6.07, 6.45) is 5.28. The molecule has 0 spiro atoms. The topological polar surface area (TPSA) is 72.5 Å². The van der Waals surface area contributed by atoms with Gasteiger partial charge in [-0.2, -0.15) is 0 Å². The van der Waals surface area contributed by atoms with Gasteiger partial charge in [0.2, 0.25) is 5.88 Å². The molecule has 6 heteroatoms. The summed E-state index contributed by atoms with van der Waals surface area (Å²) in [5.74, 6) is 1.78. The van der Waals surface area contributed by atoms with Crippen LogP contribution >= 0.6 is 24.0 Å². The predicted octanol–water partition coefficient (Wildman–Crippen LogP) is 3.98. The van der Waals surface area contributed by atoms with E-state index in [1.54, 1.807) is 6.20 Å². The molecule has 1 aliphatic rings. The fourth-order valence-corrected chi connectivity index (χ4v) is 2.35. The summed E-state index contributed by atoms with van der Waals surface area (Å²) in [6, 6.07) is 12.0. The highest BCUT2D eigenvalue weighted by molar-refractivity contribution is 14.0. The number of ether oxygens (including phenoxy) is 1. The average molecular weight is 452 g/mol. The third kappa shape index (κ3) is 6.53. The molecule has 1 aliphatic carbocycles. The average Bonchev–Trinajstić information content (AvgIpc) is 3.43. The van der Waals surface area contributed by atoms with Crippen LogP contribution in [0, 0.1) is 5.92 Å². The molecule has 1 aromatic heterocycles. The highest BCUT2D eigenvalue weighted by atomic mass is 127. The minimum absolute atomic E-state index is 0. The minimum atomic E-state index is 0. The number of pyridine rings is 1. The fraction of sp³-hybridized carbons (Fsp3) is 0.368. The van der Waals surface area contributed by atoms with Crippen molar-refractivity contribution in [2.24, 2.45) is 16.6 Å². The lowest BCUT2D eigenvalue weighted by Crippen LogP contribution is -2.22. The van der Waals surface area contributed by atoms with Crippen LogP contribution in [0.2, 0.25) is 0 Å². The van der Waals surface area contributed by atoms with Gasteiger partial charge in [-0.1, -0.05) is 19.1 Å². The van der Waals surface area contributed by atoms with Crippen molar-refractivity contribution < 1.29 is 4.74 Å². The number of benzene rings is 1. The maximum absolute atomic E-state index is 5.98. The molecule has 1 saturated carbocycles. The molecule has 0 bridgehead atoms. The largest absolute Gasteiger partial charge is 0.477 e. The van der Waals surface area contributed by atoms with Gasteiger partial charge < -0.3 is 15.8 Å². The second-order valence-electron chi connectivity index (χ2n) is 6.14. The summed E-state index contributed by atoms with van der Waals surface area (Å²) in [7, 11) is 0. The monoisotopic (exact) mass is 452 g/mol. The van der Waals surface area contributed by atoms with E-state index >= 15 is 0 Å². The molecule has 3 N–H and O–H groups in total. The Balaban J connectivity index is 0.00000225. The van der Waals surface area contributed by atoms with E-state index in [4.69, 9.17) is 10.5 Å². The van der Waals surface area contributed by atoms with Gasteiger partial charge in [-0.25, -0.2) is 9.98 Å². The minimum Gasteiger partial charge on any atom is -0.477 e. The van der Waals surface area contributed by atoms with Crippen molar-refractivity contribution in [1.29, 1.82) is 0 Å². The van der Waals surface area contributed by atoms with Gasteiger partial charge in [0.05, 0.1) is 13.2 Å². The van der Waals surface area contributed by atoms with E-state index in [1.165, 1.54) is 18.4 Å². The van der Waals surface area contributed by atoms with Crippen molar-refractivity contribution in [3.63, 3.8) is 0 Å². The number of anilines is 1. The highest BCUT2D eigenvalue weighted by Gasteiger charge is 2.22. The van der Waals surface area contributed by atoms with Crippen molar-refractivity contribution in [1.82, 2.24) is 4.98 Å². The van der Waals surface area contributed by atoms with Gasteiger partial charge in [-0.05, 0) is 54.5 Å². The van der Waals surface area contributed by atoms with E-state index in [0.717, 1.165) is 24.3 Å². The Kier molecular flexibility index (Phi) is 7.49. The van der Waals surface area contributed by atoms with E-state index in [2.05, 4.69) is 34.3 Å². The van der Waals surface area contributed by atoms with Gasteiger partial charge in [0.1, 0.15) is 0 Å². The lowest BCUT2D eigenvalue weighted by Gasteiger charge is -2.08. The van der Waals surface area contributed by atoms with Gasteiger partial charge in [0, 0.05) is 18.0 Å². The van der Waals surface area contributed by atoms with Crippen LogP contribution in [-0.2, 0) is 13.0 Å². The van der Waals surface area contributed by atoms with Crippen LogP contribution < -0.4 is 15.8 Å². The Morgan fingerprint density at radius 2 is 2.12 bits per heavy atom. The van der Waals surface area contributed by atoms with Crippen molar-refractivity contribution in [3.8, 4) is 5.88 Å². The van der Waals surface area contributed by atoms with E-state index in [1.807, 2.05) is 24.3 Å². The summed E-state index contributed by atoms with van der Waals surface area (Å²) in [5.41, 5.74) is 9.23. The summed E-state index contributed by atoms with van der Waals surface area (Å²) in [5, 5.41) is 3.13. The number of rotatable bonds is 7. The van der Waals surface area contributed by atoms with Gasteiger partial charge in [0.15, 0.2) is 5.96 Å². The lowest BCUT2D eigenvalue weighted by atomic mass is 10.1. The first-order valence-electron chi connectivity index (χ1n) is 8.46. The maximum atomic E-state index is 5.98. The van der Waals surface area contributed by atoms with Crippen LogP contribution in [0.1, 0.15) is 30.9 Å². The smallest absolute Gasteiger partial charge is 0.213 e. The third-order valence-electron chi connectivity index (χ3n) is 4.00. The second kappa shape index (κ2) is 9.60. The lowest BCUT2D eigenvalue weighted by molar-refractivity contribution is 0.288. The van der Waals surface area contributed by atoms with Crippen LogP contribution in [0.3, 0.4) is 0 Å². The molecule has 1 fully saturated rings. The van der Waals surface area contributed by atoms with Crippen LogP contribution in [0.15, 0.2) is 47.6 Å². The zero-order chi connectivity index (χ0) is 16.8. The molecular formula is C19H25IN4O. The zero-order valence-corrected chi connectivity index (χ0v) is 16.8. The number of nitrogens with zero attached hydrogens (tertiary/aromatic N) is 2. The normalized spacial score (nSPS) is 13.9. The molecule has 0 aliphatic heterocycles. The van der Waals surface area contributed by atoms with Crippen molar-refractivity contribution in [2.45, 2.75) is 32.7 Å². The number of hydrogen-bond donors (Lipinski definition) is 2. The number of nitrogens with one attached hydrogen (secondary N) is 1. The first-order chi connectivity index (χ1) is 11.7. The van der Waals surface area contributed by atoms with Gasteiger partial charge in [0.25, 0.3) is 0 Å². The standard InChI is InChI=1S/C19H24N4O.HI/c1-2-14-4-3-5-17(10-14)23-19(20)22-12-16-8-9-21-18(11-16)24-13-15-6-7-15;/h3-5,8-11,15H,2,6-7,12-13H2,1H3,(H3,20,22,23);1H. The van der Waals surface area contributed by atoms with Gasteiger partial charge in [-0.15, -0.1) is 24.0 Å². The number of halogens is 1. The Bertz CT molecular complexity index is 716. The SMILES string of the molecule is CCc1cccc(NC(N)=NCc2ccnc(OCC3CC3)c2)c1.I. The van der Waals surface area contributed by atoms with Crippen molar-refractivity contribution in [3.05, 3.63) is 53.7 Å². The quantitative estimate of drug-likeness (QED) is 0.379. The molecule has 25 heavy (non-hydrogen) atoms.